The maximum atomic E-state index is 13.7. The number of nitrogens with zero attached hydrogens (tertiary/aromatic N) is 2. The molecule has 1 aromatic heterocycles. The zero-order valence-corrected chi connectivity index (χ0v) is 29.6. The van der Waals surface area contributed by atoms with Crippen molar-refractivity contribution in [3.8, 4) is 0 Å². The van der Waals surface area contributed by atoms with Gasteiger partial charge < -0.3 is 23.4 Å². The molecule has 1 aliphatic heterocycles. The van der Waals surface area contributed by atoms with Gasteiger partial charge in [-0.2, -0.15) is 0 Å². The number of ether oxygens (including phenoxy) is 2. The van der Waals surface area contributed by atoms with E-state index in [0.717, 1.165) is 10.1 Å². The number of aliphatic hydroxyl groups excluding tert-OH is 1. The summed E-state index contributed by atoms with van der Waals surface area (Å²) in [7, 11) is -4.57. The number of aromatic nitrogens is 2. The molecule has 0 saturated carbocycles. The van der Waals surface area contributed by atoms with Crippen LogP contribution in [0.5, 0.6) is 0 Å². The van der Waals surface area contributed by atoms with Crippen molar-refractivity contribution in [2.45, 2.75) is 122 Å². The van der Waals surface area contributed by atoms with E-state index in [2.05, 4.69) is 67.7 Å². The van der Waals surface area contributed by atoms with Gasteiger partial charge in [-0.05, 0) is 48.8 Å². The smallest absolute Gasteiger partial charge is 0.333 e. The van der Waals surface area contributed by atoms with Gasteiger partial charge in [0.1, 0.15) is 31.5 Å². The Hall–Kier alpha value is -2.36. The largest absolute Gasteiger partial charge is 0.459 e. The first-order valence-electron chi connectivity index (χ1n) is 14.8. The lowest BCUT2D eigenvalue weighted by Gasteiger charge is -2.41. The second-order valence-corrected chi connectivity index (χ2v) is 24.1. The number of rotatable bonds is 10. The zero-order valence-electron chi connectivity index (χ0n) is 27.6. The molecule has 1 fully saturated rings. The molecule has 0 radical (unpaired) electrons. The fourth-order valence-electron chi connectivity index (χ4n) is 4.25. The number of hydrogen-bond acceptors (Lipinski definition) is 8. The number of carbonyl (C=O) groups excluding carboxylic acids is 1. The SMILES string of the molecule is Cc1cn([C@@H]2O[C@H](CO[Si](C)(C)C(C)(C)C)[C@@H](O[Si](C)(C)C(C)(C)C)[C@H]2O)c(=O)n(CC(=O)OCc2ccccc2)c1=O. The van der Waals surface area contributed by atoms with Crippen LogP contribution in [0.1, 0.15) is 58.9 Å². The highest BCUT2D eigenvalue weighted by atomic mass is 28.4. The molecule has 240 valence electrons. The van der Waals surface area contributed by atoms with Gasteiger partial charge in [0.05, 0.1) is 6.61 Å². The molecule has 2 aromatic rings. The number of hydrogen-bond donors (Lipinski definition) is 1. The second-order valence-electron chi connectivity index (χ2n) is 14.5. The summed E-state index contributed by atoms with van der Waals surface area (Å²) in [6, 6.07) is 9.13. The third-order valence-corrected chi connectivity index (χ3v) is 18.1. The molecular formula is C31H50N2O8Si2. The number of esters is 1. The molecule has 1 aromatic carbocycles. The van der Waals surface area contributed by atoms with Crippen LogP contribution in [0.2, 0.25) is 36.3 Å². The maximum Gasteiger partial charge on any atom is 0.333 e. The van der Waals surface area contributed by atoms with Gasteiger partial charge in [0.2, 0.25) is 0 Å². The van der Waals surface area contributed by atoms with Crippen LogP contribution in [0.4, 0.5) is 0 Å². The Labute approximate surface area is 257 Å². The van der Waals surface area contributed by atoms with E-state index < -0.39 is 64.9 Å². The maximum absolute atomic E-state index is 13.7. The molecule has 12 heteroatoms. The van der Waals surface area contributed by atoms with E-state index in [1.54, 1.807) is 6.92 Å². The lowest BCUT2D eigenvalue weighted by molar-refractivity contribution is -0.145. The van der Waals surface area contributed by atoms with Crippen LogP contribution in [0.15, 0.2) is 46.1 Å². The second kappa shape index (κ2) is 12.9. The number of aliphatic hydroxyl groups is 1. The van der Waals surface area contributed by atoms with E-state index in [9.17, 15) is 19.5 Å². The first-order chi connectivity index (χ1) is 19.7. The summed E-state index contributed by atoms with van der Waals surface area (Å²) in [5.74, 6) is -0.729. The molecule has 4 atom stereocenters. The summed E-state index contributed by atoms with van der Waals surface area (Å²) in [6.45, 7) is 22.4. The van der Waals surface area contributed by atoms with Gasteiger partial charge in [0.15, 0.2) is 22.9 Å². The fraction of sp³-hybridized carbons (Fsp3) is 0.645. The van der Waals surface area contributed by atoms with E-state index in [-0.39, 0.29) is 28.9 Å². The molecule has 10 nitrogen and oxygen atoms in total. The van der Waals surface area contributed by atoms with Crippen LogP contribution >= 0.6 is 0 Å². The molecule has 1 N–H and O–H groups in total. The third kappa shape index (κ3) is 8.03. The van der Waals surface area contributed by atoms with Gasteiger partial charge in [-0.1, -0.05) is 71.9 Å². The molecule has 0 aliphatic carbocycles. The van der Waals surface area contributed by atoms with Gasteiger partial charge in [-0.25, -0.2) is 9.36 Å². The van der Waals surface area contributed by atoms with Crippen LogP contribution in [0.25, 0.3) is 0 Å². The standard InChI is InChI=1S/C31H50N2O8Si2/c1-21-17-33(29(37)32(27(21)36)18-24(34)38-19-22-15-13-12-14-16-22)28-25(35)26(41-43(10,11)31(5,6)7)23(40-28)20-39-42(8,9)30(2,3)4/h12-17,23,25-26,28,35H,18-20H2,1-11H3/t23-,25-,26-,28-/m1/s1. The Balaban J connectivity index is 1.94. The number of carbonyl (C=O) groups is 1. The van der Waals surface area contributed by atoms with Gasteiger partial charge in [0.25, 0.3) is 5.56 Å². The molecule has 1 aliphatic rings. The molecule has 2 heterocycles. The van der Waals surface area contributed by atoms with E-state index in [4.69, 9.17) is 18.3 Å². The number of aryl methyl sites for hydroxylation is 1. The Bertz CT molecular complexity index is 1390. The molecule has 0 bridgehead atoms. The highest BCUT2D eigenvalue weighted by molar-refractivity contribution is 6.74. The van der Waals surface area contributed by atoms with Crippen LogP contribution in [-0.4, -0.2) is 61.8 Å². The first kappa shape index (κ1) is 35.1. The Morgan fingerprint density at radius 3 is 2.12 bits per heavy atom. The van der Waals surface area contributed by atoms with Crippen molar-refractivity contribution in [3.05, 3.63) is 68.5 Å². The summed E-state index contributed by atoms with van der Waals surface area (Å²) in [5.41, 5.74) is -0.397. The van der Waals surface area contributed by atoms with Crippen molar-refractivity contribution in [2.75, 3.05) is 6.61 Å². The van der Waals surface area contributed by atoms with Gasteiger partial charge in [-0.3, -0.25) is 14.2 Å². The van der Waals surface area contributed by atoms with Crippen molar-refractivity contribution in [3.63, 3.8) is 0 Å². The molecule has 43 heavy (non-hydrogen) atoms. The molecule has 0 unspecified atom stereocenters. The predicted molar refractivity (Wildman–Crippen MR) is 171 cm³/mol. The average Bonchev–Trinajstić information content (AvgIpc) is 3.19. The average molecular weight is 635 g/mol. The van der Waals surface area contributed by atoms with Crippen LogP contribution in [0.3, 0.4) is 0 Å². The quantitative estimate of drug-likeness (QED) is 0.294. The van der Waals surface area contributed by atoms with E-state index >= 15 is 0 Å². The first-order valence-corrected chi connectivity index (χ1v) is 20.7. The summed E-state index contributed by atoms with van der Waals surface area (Å²) >= 11 is 0. The topological polar surface area (TPSA) is 118 Å². The van der Waals surface area contributed by atoms with Crippen molar-refractivity contribution >= 4 is 22.6 Å². The number of benzene rings is 1. The van der Waals surface area contributed by atoms with E-state index in [1.165, 1.54) is 10.8 Å². The monoisotopic (exact) mass is 634 g/mol. The van der Waals surface area contributed by atoms with Crippen LogP contribution < -0.4 is 11.2 Å². The minimum Gasteiger partial charge on any atom is -0.459 e. The lowest BCUT2D eigenvalue weighted by Crippen LogP contribution is -2.51. The fourth-order valence-corrected chi connectivity index (χ4v) is 6.58. The van der Waals surface area contributed by atoms with Crippen LogP contribution in [0, 0.1) is 6.92 Å². The van der Waals surface area contributed by atoms with Crippen LogP contribution in [-0.2, 0) is 36.3 Å². The third-order valence-electron chi connectivity index (χ3n) is 9.13. The Morgan fingerprint density at radius 2 is 1.56 bits per heavy atom. The predicted octanol–water partition coefficient (Wildman–Crippen LogP) is 4.73. The zero-order chi connectivity index (χ0) is 32.5. The molecular weight excluding hydrogens is 585 g/mol. The van der Waals surface area contributed by atoms with Crippen molar-refractivity contribution in [1.29, 1.82) is 0 Å². The molecule has 0 amide bonds. The summed E-state index contributed by atoms with van der Waals surface area (Å²) in [5, 5.41) is 11.5. The van der Waals surface area contributed by atoms with Gasteiger partial charge >= 0.3 is 11.7 Å². The van der Waals surface area contributed by atoms with Crippen molar-refractivity contribution < 1.29 is 28.2 Å². The summed E-state index contributed by atoms with van der Waals surface area (Å²) < 4.78 is 26.9. The molecule has 3 rings (SSSR count). The molecule has 0 spiro atoms. The molecule has 1 saturated heterocycles. The van der Waals surface area contributed by atoms with E-state index in [1.807, 2.05) is 30.3 Å². The van der Waals surface area contributed by atoms with E-state index in [0.29, 0.717) is 0 Å². The van der Waals surface area contributed by atoms with Crippen molar-refractivity contribution in [1.82, 2.24) is 9.13 Å². The normalized spacial score (nSPS) is 21.7. The summed E-state index contributed by atoms with van der Waals surface area (Å²) in [6.07, 6.45) is -2.44. The minimum absolute atomic E-state index is 0.0151. The lowest BCUT2D eigenvalue weighted by atomic mass is 10.1. The highest BCUT2D eigenvalue weighted by Gasteiger charge is 2.51. The Kier molecular flexibility index (Phi) is 10.6. The highest BCUT2D eigenvalue weighted by Crippen LogP contribution is 2.42. The van der Waals surface area contributed by atoms with Crippen molar-refractivity contribution in [2.24, 2.45) is 0 Å². The Morgan fingerprint density at radius 1 is 0.977 bits per heavy atom. The van der Waals surface area contributed by atoms with Gasteiger partial charge in [0, 0.05) is 11.8 Å². The minimum atomic E-state index is -2.39. The van der Waals surface area contributed by atoms with Gasteiger partial charge in [-0.15, -0.1) is 0 Å². The summed E-state index contributed by atoms with van der Waals surface area (Å²) in [4.78, 5) is 39.3.